The summed E-state index contributed by atoms with van der Waals surface area (Å²) in [6.45, 7) is 5.54. The zero-order chi connectivity index (χ0) is 11.4. The van der Waals surface area contributed by atoms with E-state index in [9.17, 15) is 0 Å². The van der Waals surface area contributed by atoms with Crippen LogP contribution < -0.4 is 5.32 Å². The summed E-state index contributed by atoms with van der Waals surface area (Å²) < 4.78 is 0. The van der Waals surface area contributed by atoms with E-state index in [4.69, 9.17) is 0 Å². The van der Waals surface area contributed by atoms with Crippen molar-refractivity contribution in [2.24, 2.45) is 0 Å². The van der Waals surface area contributed by atoms with E-state index in [1.807, 2.05) is 0 Å². The number of hydrogen-bond acceptors (Lipinski definition) is 1. The molecule has 1 aromatic rings. The van der Waals surface area contributed by atoms with E-state index < -0.39 is 0 Å². The van der Waals surface area contributed by atoms with E-state index in [1.165, 1.54) is 36.8 Å². The van der Waals surface area contributed by atoms with E-state index in [-0.39, 0.29) is 0 Å². The number of nitrogens with one attached hydrogen (secondary N) is 1. The van der Waals surface area contributed by atoms with Gasteiger partial charge in [-0.25, -0.2) is 0 Å². The van der Waals surface area contributed by atoms with Crippen molar-refractivity contribution in [2.75, 3.05) is 0 Å². The van der Waals surface area contributed by atoms with Crippen LogP contribution in [0.3, 0.4) is 0 Å². The van der Waals surface area contributed by atoms with Gasteiger partial charge in [0.25, 0.3) is 0 Å². The fraction of sp³-hybridized carbons (Fsp3) is 0.600. The van der Waals surface area contributed by atoms with Gasteiger partial charge < -0.3 is 5.32 Å². The summed E-state index contributed by atoms with van der Waals surface area (Å²) in [5, 5.41) is 3.66. The summed E-state index contributed by atoms with van der Waals surface area (Å²) in [7, 11) is 0. The first-order chi connectivity index (χ1) is 7.75. The van der Waals surface area contributed by atoms with Gasteiger partial charge in [-0.3, -0.25) is 0 Å². The van der Waals surface area contributed by atoms with Crippen molar-refractivity contribution in [3.63, 3.8) is 0 Å². The molecule has 1 nitrogen and oxygen atoms in total. The molecule has 0 aromatic heterocycles. The summed E-state index contributed by atoms with van der Waals surface area (Å²) in [5.74, 6) is 0.631. The second kappa shape index (κ2) is 5.49. The first-order valence-electron chi connectivity index (χ1n) is 6.58. The average molecular weight is 217 g/mol. The van der Waals surface area contributed by atoms with Crippen molar-refractivity contribution >= 4 is 0 Å². The van der Waals surface area contributed by atoms with Gasteiger partial charge in [0, 0.05) is 12.6 Å². The van der Waals surface area contributed by atoms with E-state index in [2.05, 4.69) is 43.4 Å². The molecule has 1 N–H and O–H groups in total. The molecule has 0 bridgehead atoms. The predicted molar refractivity (Wildman–Crippen MR) is 69.6 cm³/mol. The standard InChI is InChI=1S/C15H23N/c1-12(2)14-7-5-6-13(10-14)11-16-15-8-3-4-9-15/h5-7,10,12,15-16H,3-4,8-9,11H2,1-2H3. The van der Waals surface area contributed by atoms with Gasteiger partial charge in [-0.1, -0.05) is 51.0 Å². The molecule has 1 fully saturated rings. The Balaban J connectivity index is 1.90. The molecular weight excluding hydrogens is 194 g/mol. The van der Waals surface area contributed by atoms with E-state index in [1.54, 1.807) is 0 Å². The minimum Gasteiger partial charge on any atom is -0.310 e. The summed E-state index contributed by atoms with van der Waals surface area (Å²) >= 11 is 0. The summed E-state index contributed by atoms with van der Waals surface area (Å²) in [4.78, 5) is 0. The first kappa shape index (κ1) is 11.7. The molecule has 0 aliphatic heterocycles. The Morgan fingerprint density at radius 3 is 2.69 bits per heavy atom. The number of hydrogen-bond donors (Lipinski definition) is 1. The molecular formula is C15H23N. The van der Waals surface area contributed by atoms with Crippen molar-refractivity contribution in [1.82, 2.24) is 5.32 Å². The molecule has 0 radical (unpaired) electrons. The topological polar surface area (TPSA) is 12.0 Å². The molecule has 1 aromatic carbocycles. The molecule has 1 aliphatic carbocycles. The van der Waals surface area contributed by atoms with Crippen molar-refractivity contribution < 1.29 is 0 Å². The molecule has 0 unspecified atom stereocenters. The molecule has 0 amide bonds. The van der Waals surface area contributed by atoms with Crippen molar-refractivity contribution in [3.05, 3.63) is 35.4 Å². The largest absolute Gasteiger partial charge is 0.310 e. The monoisotopic (exact) mass is 217 g/mol. The third-order valence-corrected chi connectivity index (χ3v) is 3.57. The highest BCUT2D eigenvalue weighted by molar-refractivity contribution is 5.25. The molecule has 1 aliphatic rings. The highest BCUT2D eigenvalue weighted by atomic mass is 14.9. The minimum absolute atomic E-state index is 0.631. The SMILES string of the molecule is CC(C)c1cccc(CNC2CCCC2)c1. The Hall–Kier alpha value is -0.820. The van der Waals surface area contributed by atoms with Crippen molar-refractivity contribution in [2.45, 2.75) is 58.0 Å². The maximum atomic E-state index is 3.66. The molecule has 1 saturated carbocycles. The van der Waals surface area contributed by atoms with Crippen LogP contribution in [0.25, 0.3) is 0 Å². The van der Waals surface area contributed by atoms with Gasteiger partial charge in [0.1, 0.15) is 0 Å². The van der Waals surface area contributed by atoms with Crippen LogP contribution in [-0.2, 0) is 6.54 Å². The van der Waals surface area contributed by atoms with Gasteiger partial charge >= 0.3 is 0 Å². The van der Waals surface area contributed by atoms with Crippen molar-refractivity contribution in [3.8, 4) is 0 Å². The fourth-order valence-electron chi connectivity index (χ4n) is 2.45. The Morgan fingerprint density at radius 2 is 2.00 bits per heavy atom. The average Bonchev–Trinajstić information content (AvgIpc) is 2.79. The van der Waals surface area contributed by atoms with Gasteiger partial charge in [-0.2, -0.15) is 0 Å². The maximum absolute atomic E-state index is 3.66. The molecule has 0 saturated heterocycles. The lowest BCUT2D eigenvalue weighted by Gasteiger charge is -2.13. The van der Waals surface area contributed by atoms with Gasteiger partial charge in [-0.05, 0) is 29.9 Å². The van der Waals surface area contributed by atoms with Gasteiger partial charge in [0.2, 0.25) is 0 Å². The van der Waals surface area contributed by atoms with Crippen LogP contribution in [0.4, 0.5) is 0 Å². The normalized spacial score (nSPS) is 17.2. The summed E-state index contributed by atoms with van der Waals surface area (Å²) in [5.41, 5.74) is 2.88. The Morgan fingerprint density at radius 1 is 1.25 bits per heavy atom. The van der Waals surface area contributed by atoms with Crippen LogP contribution in [0.15, 0.2) is 24.3 Å². The third-order valence-electron chi connectivity index (χ3n) is 3.57. The second-order valence-corrected chi connectivity index (χ2v) is 5.26. The Bertz CT molecular complexity index is 324. The summed E-state index contributed by atoms with van der Waals surface area (Å²) in [6.07, 6.45) is 5.54. The second-order valence-electron chi connectivity index (χ2n) is 5.26. The van der Waals surface area contributed by atoms with E-state index in [0.29, 0.717) is 5.92 Å². The van der Waals surface area contributed by atoms with Crippen LogP contribution in [0.1, 0.15) is 56.6 Å². The smallest absolute Gasteiger partial charge is 0.0208 e. The van der Waals surface area contributed by atoms with E-state index >= 15 is 0 Å². The van der Waals surface area contributed by atoms with Crippen LogP contribution in [0.2, 0.25) is 0 Å². The summed E-state index contributed by atoms with van der Waals surface area (Å²) in [6, 6.07) is 9.74. The number of benzene rings is 1. The molecule has 1 heteroatoms. The van der Waals surface area contributed by atoms with Crippen LogP contribution in [0, 0.1) is 0 Å². The van der Waals surface area contributed by atoms with Gasteiger partial charge in [0.15, 0.2) is 0 Å². The molecule has 0 heterocycles. The quantitative estimate of drug-likeness (QED) is 0.808. The lowest BCUT2D eigenvalue weighted by molar-refractivity contribution is 0.524. The van der Waals surface area contributed by atoms with Gasteiger partial charge in [0.05, 0.1) is 0 Å². The minimum atomic E-state index is 0.631. The number of rotatable bonds is 4. The predicted octanol–water partition coefficient (Wildman–Crippen LogP) is 3.84. The Labute approximate surface area is 99.3 Å². The highest BCUT2D eigenvalue weighted by Crippen LogP contribution is 2.19. The lowest BCUT2D eigenvalue weighted by Crippen LogP contribution is -2.25. The van der Waals surface area contributed by atoms with Crippen molar-refractivity contribution in [1.29, 1.82) is 0 Å². The molecule has 0 spiro atoms. The van der Waals surface area contributed by atoms with Crippen LogP contribution in [0.5, 0.6) is 0 Å². The highest BCUT2D eigenvalue weighted by Gasteiger charge is 2.13. The van der Waals surface area contributed by atoms with Crippen LogP contribution in [-0.4, -0.2) is 6.04 Å². The fourth-order valence-corrected chi connectivity index (χ4v) is 2.45. The van der Waals surface area contributed by atoms with Crippen LogP contribution >= 0.6 is 0 Å². The third kappa shape index (κ3) is 3.08. The zero-order valence-corrected chi connectivity index (χ0v) is 10.5. The lowest BCUT2D eigenvalue weighted by atomic mass is 10.0. The molecule has 88 valence electrons. The maximum Gasteiger partial charge on any atom is 0.0208 e. The molecule has 16 heavy (non-hydrogen) atoms. The molecule has 0 atom stereocenters. The zero-order valence-electron chi connectivity index (χ0n) is 10.5. The molecule has 2 rings (SSSR count). The van der Waals surface area contributed by atoms with Gasteiger partial charge in [-0.15, -0.1) is 0 Å². The first-order valence-corrected chi connectivity index (χ1v) is 6.58. The Kier molecular flexibility index (Phi) is 4.00. The van der Waals surface area contributed by atoms with E-state index in [0.717, 1.165) is 12.6 Å².